The molecule has 0 N–H and O–H groups in total. The summed E-state index contributed by atoms with van der Waals surface area (Å²) in [5.41, 5.74) is 2.93. The van der Waals surface area contributed by atoms with Gasteiger partial charge in [0.1, 0.15) is 5.75 Å². The number of carbonyl (C=O) groups is 2. The Kier molecular flexibility index (Phi) is 6.27. The predicted octanol–water partition coefficient (Wildman–Crippen LogP) is 4.60. The summed E-state index contributed by atoms with van der Waals surface area (Å²) in [6.45, 7) is 10.1. The van der Waals surface area contributed by atoms with E-state index >= 15 is 0 Å². The van der Waals surface area contributed by atoms with Crippen LogP contribution in [0.15, 0.2) is 48.5 Å². The van der Waals surface area contributed by atoms with E-state index in [2.05, 4.69) is 18.2 Å². The number of ether oxygens (including phenoxy) is 1. The molecule has 2 amide bonds. The van der Waals surface area contributed by atoms with E-state index in [0.29, 0.717) is 12.3 Å². The first-order valence-corrected chi connectivity index (χ1v) is 11.7. The van der Waals surface area contributed by atoms with Gasteiger partial charge in [0.15, 0.2) is 6.10 Å². The summed E-state index contributed by atoms with van der Waals surface area (Å²) in [4.78, 5) is 30.0. The van der Waals surface area contributed by atoms with Crippen LogP contribution in [-0.2, 0) is 16.0 Å². The Balaban J connectivity index is 1.66. The summed E-state index contributed by atoms with van der Waals surface area (Å²) in [6, 6.07) is 16.1. The summed E-state index contributed by atoms with van der Waals surface area (Å²) < 4.78 is 6.11. The number of hydrogen-bond acceptors (Lipinski definition) is 3. The lowest BCUT2D eigenvalue weighted by atomic mass is 9.85. The lowest BCUT2D eigenvalue weighted by Gasteiger charge is -2.41. The van der Waals surface area contributed by atoms with Crippen molar-refractivity contribution in [3.63, 3.8) is 0 Å². The van der Waals surface area contributed by atoms with Crippen LogP contribution in [0.25, 0.3) is 0 Å². The fourth-order valence-electron chi connectivity index (χ4n) is 4.76. The predicted molar refractivity (Wildman–Crippen MR) is 126 cm³/mol. The van der Waals surface area contributed by atoms with Crippen LogP contribution in [0.4, 0.5) is 0 Å². The van der Waals surface area contributed by atoms with E-state index in [1.807, 2.05) is 67.8 Å². The molecule has 2 aromatic carbocycles. The Labute approximate surface area is 191 Å². The smallest absolute Gasteiger partial charge is 0.263 e. The van der Waals surface area contributed by atoms with Crippen molar-refractivity contribution >= 4 is 11.8 Å². The standard InChI is InChI=1S/C27H34N2O3/c1-19(25(30)28-15-8-9-16-28)32-22-13-12-20-14-17-29(26(31)27(2,3)4)24(23(20)18-22)21-10-6-5-7-11-21/h5-7,10-13,18-19,24H,8-9,14-17H2,1-4H3/t19-,24-/m0/s1. The number of hydrogen-bond donors (Lipinski definition) is 0. The van der Waals surface area contributed by atoms with Gasteiger partial charge in [-0.1, -0.05) is 57.2 Å². The normalized spacial score (nSPS) is 19.4. The molecule has 2 aromatic rings. The Bertz CT molecular complexity index is 974. The third kappa shape index (κ3) is 4.52. The van der Waals surface area contributed by atoms with Crippen molar-refractivity contribution in [2.75, 3.05) is 19.6 Å². The van der Waals surface area contributed by atoms with Gasteiger partial charge < -0.3 is 14.5 Å². The quantitative estimate of drug-likeness (QED) is 0.707. The minimum absolute atomic E-state index is 0.0457. The third-order valence-corrected chi connectivity index (χ3v) is 6.44. The molecule has 5 nitrogen and oxygen atoms in total. The minimum Gasteiger partial charge on any atom is -0.481 e. The highest BCUT2D eigenvalue weighted by atomic mass is 16.5. The average Bonchev–Trinajstić information content (AvgIpc) is 3.32. The summed E-state index contributed by atoms with van der Waals surface area (Å²) >= 11 is 0. The molecule has 32 heavy (non-hydrogen) atoms. The second kappa shape index (κ2) is 8.97. The van der Waals surface area contributed by atoms with Crippen molar-refractivity contribution in [3.05, 3.63) is 65.2 Å². The van der Waals surface area contributed by atoms with E-state index in [0.717, 1.165) is 43.5 Å². The molecule has 1 saturated heterocycles. The molecule has 4 rings (SSSR count). The fraction of sp³-hybridized carbons (Fsp3) is 0.481. The van der Waals surface area contributed by atoms with Crippen molar-refractivity contribution in [2.24, 2.45) is 5.41 Å². The molecule has 170 valence electrons. The molecule has 2 aliphatic heterocycles. The molecule has 2 atom stereocenters. The van der Waals surface area contributed by atoms with E-state index in [4.69, 9.17) is 4.74 Å². The third-order valence-electron chi connectivity index (χ3n) is 6.44. The summed E-state index contributed by atoms with van der Waals surface area (Å²) in [5, 5.41) is 0. The van der Waals surface area contributed by atoms with Gasteiger partial charge in [0.25, 0.3) is 5.91 Å². The molecule has 0 radical (unpaired) electrons. The van der Waals surface area contributed by atoms with E-state index in [-0.39, 0.29) is 17.9 Å². The second-order valence-corrected chi connectivity index (χ2v) is 9.96. The summed E-state index contributed by atoms with van der Waals surface area (Å²) in [7, 11) is 0. The van der Waals surface area contributed by atoms with Crippen LogP contribution in [0.5, 0.6) is 5.75 Å². The zero-order valence-corrected chi connectivity index (χ0v) is 19.6. The maximum absolute atomic E-state index is 13.4. The molecule has 0 unspecified atom stereocenters. The van der Waals surface area contributed by atoms with Crippen LogP contribution >= 0.6 is 0 Å². The molecule has 1 fully saturated rings. The molecule has 2 aliphatic rings. The first-order chi connectivity index (χ1) is 15.3. The van der Waals surface area contributed by atoms with Crippen LogP contribution in [-0.4, -0.2) is 47.4 Å². The van der Waals surface area contributed by atoms with Crippen molar-refractivity contribution < 1.29 is 14.3 Å². The van der Waals surface area contributed by atoms with Gasteiger partial charge in [0, 0.05) is 25.0 Å². The number of benzene rings is 2. The van der Waals surface area contributed by atoms with Gasteiger partial charge in [-0.3, -0.25) is 9.59 Å². The number of likely N-dealkylation sites (tertiary alicyclic amines) is 1. The first kappa shape index (κ1) is 22.4. The highest BCUT2D eigenvalue weighted by Crippen LogP contribution is 2.39. The number of amides is 2. The van der Waals surface area contributed by atoms with Gasteiger partial charge in [0.2, 0.25) is 5.91 Å². The Morgan fingerprint density at radius 2 is 1.69 bits per heavy atom. The summed E-state index contributed by atoms with van der Waals surface area (Å²) in [5.74, 6) is 0.861. The second-order valence-electron chi connectivity index (χ2n) is 9.96. The molecule has 5 heteroatoms. The molecule has 0 saturated carbocycles. The lowest BCUT2D eigenvalue weighted by molar-refractivity contribution is -0.141. The number of fused-ring (bicyclic) bond motifs is 1. The molecule has 0 aliphatic carbocycles. The Hall–Kier alpha value is -2.82. The summed E-state index contributed by atoms with van der Waals surface area (Å²) in [6.07, 6.45) is 2.40. The highest BCUT2D eigenvalue weighted by molar-refractivity contribution is 5.83. The molecule has 0 bridgehead atoms. The minimum atomic E-state index is -0.530. The van der Waals surface area contributed by atoms with Gasteiger partial charge >= 0.3 is 0 Å². The number of nitrogens with zero attached hydrogens (tertiary/aromatic N) is 2. The highest BCUT2D eigenvalue weighted by Gasteiger charge is 2.37. The van der Waals surface area contributed by atoms with Crippen LogP contribution in [0.3, 0.4) is 0 Å². The lowest BCUT2D eigenvalue weighted by Crippen LogP contribution is -2.45. The van der Waals surface area contributed by atoms with Crippen molar-refractivity contribution in [1.82, 2.24) is 9.80 Å². The molecule has 0 spiro atoms. The monoisotopic (exact) mass is 434 g/mol. The average molecular weight is 435 g/mol. The van der Waals surface area contributed by atoms with Crippen molar-refractivity contribution in [3.8, 4) is 5.75 Å². The van der Waals surface area contributed by atoms with Crippen LogP contribution in [0.1, 0.15) is 63.3 Å². The van der Waals surface area contributed by atoms with E-state index < -0.39 is 11.5 Å². The molecular formula is C27H34N2O3. The van der Waals surface area contributed by atoms with Crippen molar-refractivity contribution in [2.45, 2.75) is 59.1 Å². The molecule has 2 heterocycles. The van der Waals surface area contributed by atoms with Crippen LogP contribution < -0.4 is 4.74 Å². The van der Waals surface area contributed by atoms with Crippen molar-refractivity contribution in [1.29, 1.82) is 0 Å². The van der Waals surface area contributed by atoms with E-state index in [1.165, 1.54) is 5.56 Å². The van der Waals surface area contributed by atoms with Gasteiger partial charge in [-0.15, -0.1) is 0 Å². The Morgan fingerprint density at radius 3 is 2.34 bits per heavy atom. The largest absolute Gasteiger partial charge is 0.481 e. The van der Waals surface area contributed by atoms with Gasteiger partial charge in [-0.2, -0.15) is 0 Å². The van der Waals surface area contributed by atoms with Gasteiger partial charge in [-0.05, 0) is 55.0 Å². The first-order valence-electron chi connectivity index (χ1n) is 11.7. The van der Waals surface area contributed by atoms with E-state index in [1.54, 1.807) is 0 Å². The number of carbonyl (C=O) groups excluding carboxylic acids is 2. The number of rotatable bonds is 4. The molecule has 0 aromatic heterocycles. The zero-order valence-electron chi connectivity index (χ0n) is 19.6. The van der Waals surface area contributed by atoms with Crippen LogP contribution in [0.2, 0.25) is 0 Å². The topological polar surface area (TPSA) is 49.9 Å². The van der Waals surface area contributed by atoms with Gasteiger partial charge in [0.05, 0.1) is 6.04 Å². The maximum atomic E-state index is 13.4. The fourth-order valence-corrected chi connectivity index (χ4v) is 4.76. The zero-order chi connectivity index (χ0) is 22.9. The molecular weight excluding hydrogens is 400 g/mol. The van der Waals surface area contributed by atoms with E-state index in [9.17, 15) is 9.59 Å². The van der Waals surface area contributed by atoms with Gasteiger partial charge in [-0.25, -0.2) is 0 Å². The maximum Gasteiger partial charge on any atom is 0.263 e. The SMILES string of the molecule is C[C@H](Oc1ccc2c(c1)[C@H](c1ccccc1)N(C(=O)C(C)(C)C)CC2)C(=O)N1CCCC1. The Morgan fingerprint density at radius 1 is 1.00 bits per heavy atom. The van der Waals surface area contributed by atoms with Crippen LogP contribution in [0, 0.1) is 5.41 Å².